The Morgan fingerprint density at radius 1 is 1.31 bits per heavy atom. The summed E-state index contributed by atoms with van der Waals surface area (Å²) < 4.78 is 0. The zero-order chi connectivity index (χ0) is 9.68. The van der Waals surface area contributed by atoms with Gasteiger partial charge in [-0.15, -0.1) is 0 Å². The van der Waals surface area contributed by atoms with Gasteiger partial charge in [0.1, 0.15) is 0 Å². The van der Waals surface area contributed by atoms with Crippen LogP contribution < -0.4 is 0 Å². The lowest BCUT2D eigenvalue weighted by Gasteiger charge is -2.00. The fourth-order valence-corrected chi connectivity index (χ4v) is 1.00. The van der Waals surface area contributed by atoms with Crippen LogP contribution in [0, 0.1) is 0 Å². The Balaban J connectivity index is 2.74. The lowest BCUT2D eigenvalue weighted by Crippen LogP contribution is -2.03. The lowest BCUT2D eigenvalue weighted by atomic mass is 10.1. The average Bonchev–Trinajstić information content (AvgIpc) is 2.18. The van der Waals surface area contributed by atoms with Crippen LogP contribution in [0.4, 0.5) is 0 Å². The van der Waals surface area contributed by atoms with Gasteiger partial charge >= 0.3 is 5.97 Å². The highest BCUT2D eigenvalue weighted by molar-refractivity contribution is 5.88. The molecule has 0 heterocycles. The summed E-state index contributed by atoms with van der Waals surface area (Å²) in [5.74, 6) is -0.467. The number of hydrogen-bond donors (Lipinski definition) is 0. The summed E-state index contributed by atoms with van der Waals surface area (Å²) >= 11 is 0. The van der Waals surface area contributed by atoms with E-state index in [2.05, 4.69) is 16.7 Å². The molecule has 3 nitrogen and oxygen atoms in total. The van der Waals surface area contributed by atoms with E-state index in [4.69, 9.17) is 0 Å². The van der Waals surface area contributed by atoms with Crippen LogP contribution >= 0.6 is 0 Å². The van der Waals surface area contributed by atoms with E-state index < -0.39 is 5.97 Å². The van der Waals surface area contributed by atoms with E-state index in [0.29, 0.717) is 5.56 Å². The summed E-state index contributed by atoms with van der Waals surface area (Å²) in [4.78, 5) is 19.7. The van der Waals surface area contributed by atoms with Crippen LogP contribution in [0.5, 0.6) is 0 Å². The van der Waals surface area contributed by atoms with Crippen LogP contribution in [0.15, 0.2) is 24.3 Å². The molecule has 0 N–H and O–H groups in total. The second-order valence-corrected chi connectivity index (χ2v) is 2.59. The van der Waals surface area contributed by atoms with Gasteiger partial charge in [-0.25, -0.2) is 4.79 Å². The van der Waals surface area contributed by atoms with Crippen molar-refractivity contribution in [2.75, 3.05) is 7.11 Å². The number of hydrogen-bond acceptors (Lipinski definition) is 3. The molecule has 0 fully saturated rings. The van der Waals surface area contributed by atoms with E-state index in [9.17, 15) is 4.79 Å². The van der Waals surface area contributed by atoms with Crippen molar-refractivity contribution in [3.63, 3.8) is 0 Å². The van der Waals surface area contributed by atoms with Crippen molar-refractivity contribution >= 4 is 5.97 Å². The maximum Gasteiger partial charge on any atom is 0.373 e. The first-order valence-electron chi connectivity index (χ1n) is 4.12. The Hall–Kier alpha value is -1.35. The summed E-state index contributed by atoms with van der Waals surface area (Å²) in [6.07, 6.45) is 0.958. The average molecular weight is 180 g/mol. The molecule has 0 unspecified atom stereocenters. The first-order valence-corrected chi connectivity index (χ1v) is 4.12. The molecule has 1 aromatic carbocycles. The third-order valence-electron chi connectivity index (χ3n) is 1.76. The van der Waals surface area contributed by atoms with E-state index >= 15 is 0 Å². The standard InChI is InChI=1S/C10H12O3/c1-3-8-4-6-9(7-5-8)10(11)13-12-2/h4-7H,3H2,1-2H3. The third kappa shape index (κ3) is 2.56. The molecule has 70 valence electrons. The van der Waals surface area contributed by atoms with Gasteiger partial charge in [-0.1, -0.05) is 19.1 Å². The minimum atomic E-state index is -0.467. The molecular formula is C10H12O3. The van der Waals surface area contributed by atoms with Gasteiger partial charge in [0.25, 0.3) is 0 Å². The van der Waals surface area contributed by atoms with E-state index in [-0.39, 0.29) is 0 Å². The van der Waals surface area contributed by atoms with Gasteiger partial charge < -0.3 is 0 Å². The molecule has 0 aliphatic rings. The van der Waals surface area contributed by atoms with Crippen molar-refractivity contribution in [1.29, 1.82) is 0 Å². The minimum absolute atomic E-state index is 0.467. The van der Waals surface area contributed by atoms with E-state index in [1.54, 1.807) is 12.1 Å². The first-order chi connectivity index (χ1) is 6.27. The largest absolute Gasteiger partial charge is 0.373 e. The molecule has 0 spiro atoms. The Kier molecular flexibility index (Phi) is 3.46. The van der Waals surface area contributed by atoms with Crippen molar-refractivity contribution in [3.05, 3.63) is 35.4 Å². The first kappa shape index (κ1) is 9.74. The molecule has 0 atom stereocenters. The molecule has 1 aromatic rings. The second-order valence-electron chi connectivity index (χ2n) is 2.59. The van der Waals surface area contributed by atoms with E-state index in [1.807, 2.05) is 12.1 Å². The van der Waals surface area contributed by atoms with Gasteiger partial charge in [0.2, 0.25) is 0 Å². The highest BCUT2D eigenvalue weighted by atomic mass is 17.2. The van der Waals surface area contributed by atoms with Gasteiger partial charge in [0.15, 0.2) is 0 Å². The number of aryl methyl sites for hydroxylation is 1. The highest BCUT2D eigenvalue weighted by Gasteiger charge is 2.06. The second kappa shape index (κ2) is 4.62. The zero-order valence-corrected chi connectivity index (χ0v) is 7.74. The molecule has 13 heavy (non-hydrogen) atoms. The molecule has 3 heteroatoms. The summed E-state index contributed by atoms with van der Waals surface area (Å²) in [5, 5.41) is 0. The molecule has 0 radical (unpaired) electrons. The predicted molar refractivity (Wildman–Crippen MR) is 48.2 cm³/mol. The quantitative estimate of drug-likeness (QED) is 0.527. The molecule has 0 saturated heterocycles. The SMILES string of the molecule is CCc1ccc(C(=O)OOC)cc1. The monoisotopic (exact) mass is 180 g/mol. The fraction of sp³-hybridized carbons (Fsp3) is 0.300. The van der Waals surface area contributed by atoms with Crippen LogP contribution in [0.1, 0.15) is 22.8 Å². The molecule has 0 aliphatic carbocycles. The molecule has 0 aromatic heterocycles. The van der Waals surface area contributed by atoms with E-state index in [0.717, 1.165) is 6.42 Å². The predicted octanol–water partition coefficient (Wildman–Crippen LogP) is 1.97. The van der Waals surface area contributed by atoms with Gasteiger partial charge in [-0.3, -0.25) is 4.89 Å². The Morgan fingerprint density at radius 3 is 2.38 bits per heavy atom. The van der Waals surface area contributed by atoms with Crippen LogP contribution in [-0.4, -0.2) is 13.1 Å². The van der Waals surface area contributed by atoms with E-state index in [1.165, 1.54) is 12.7 Å². The Labute approximate surface area is 77.2 Å². The molecule has 0 bridgehead atoms. The summed E-state index contributed by atoms with van der Waals surface area (Å²) in [6, 6.07) is 7.24. The molecule has 0 aliphatic heterocycles. The number of benzene rings is 1. The topological polar surface area (TPSA) is 35.5 Å². The van der Waals surface area contributed by atoms with Crippen LogP contribution in [0.3, 0.4) is 0 Å². The molecule has 0 saturated carbocycles. The van der Waals surface area contributed by atoms with Crippen molar-refractivity contribution in [3.8, 4) is 0 Å². The van der Waals surface area contributed by atoms with Crippen LogP contribution in [-0.2, 0) is 16.2 Å². The zero-order valence-electron chi connectivity index (χ0n) is 7.74. The Morgan fingerprint density at radius 2 is 1.92 bits per heavy atom. The van der Waals surface area contributed by atoms with Crippen molar-refractivity contribution in [2.45, 2.75) is 13.3 Å². The van der Waals surface area contributed by atoms with Gasteiger partial charge in [-0.05, 0) is 24.1 Å². The number of rotatable bonds is 3. The maximum atomic E-state index is 11.1. The number of carbonyl (C=O) groups is 1. The molecule has 1 rings (SSSR count). The maximum absolute atomic E-state index is 11.1. The van der Waals surface area contributed by atoms with Gasteiger partial charge in [0, 0.05) is 0 Å². The number of carbonyl (C=O) groups excluding carboxylic acids is 1. The van der Waals surface area contributed by atoms with Crippen LogP contribution in [0.25, 0.3) is 0 Å². The smallest absolute Gasteiger partial charge is 0.293 e. The fourth-order valence-electron chi connectivity index (χ4n) is 1.00. The summed E-state index contributed by atoms with van der Waals surface area (Å²) in [7, 11) is 1.30. The van der Waals surface area contributed by atoms with Crippen molar-refractivity contribution < 1.29 is 14.6 Å². The minimum Gasteiger partial charge on any atom is -0.293 e. The normalized spacial score (nSPS) is 9.69. The summed E-state index contributed by atoms with van der Waals surface area (Å²) in [5.41, 5.74) is 1.69. The van der Waals surface area contributed by atoms with Crippen molar-refractivity contribution in [2.24, 2.45) is 0 Å². The van der Waals surface area contributed by atoms with Gasteiger partial charge in [-0.2, -0.15) is 4.89 Å². The lowest BCUT2D eigenvalue weighted by molar-refractivity contribution is -0.216. The Bertz CT molecular complexity index is 277. The van der Waals surface area contributed by atoms with Crippen molar-refractivity contribution in [1.82, 2.24) is 0 Å². The summed E-state index contributed by atoms with van der Waals surface area (Å²) in [6.45, 7) is 2.06. The third-order valence-corrected chi connectivity index (χ3v) is 1.76. The molecular weight excluding hydrogens is 168 g/mol. The van der Waals surface area contributed by atoms with Crippen LogP contribution in [0.2, 0.25) is 0 Å². The highest BCUT2D eigenvalue weighted by Crippen LogP contribution is 2.06. The molecule has 0 amide bonds. The van der Waals surface area contributed by atoms with Gasteiger partial charge in [0.05, 0.1) is 12.7 Å².